The van der Waals surface area contributed by atoms with Crippen LogP contribution in [0.4, 0.5) is 5.69 Å². The van der Waals surface area contributed by atoms with Crippen LogP contribution in [0.5, 0.6) is 11.5 Å². The summed E-state index contributed by atoms with van der Waals surface area (Å²) in [6.07, 6.45) is 0.538. The normalized spacial score (nSPS) is 11.2. The molecule has 148 valence electrons. The zero-order chi connectivity index (χ0) is 20.0. The van der Waals surface area contributed by atoms with Crippen molar-refractivity contribution in [2.45, 2.75) is 17.6 Å². The first-order chi connectivity index (χ1) is 13.5. The van der Waals surface area contributed by atoms with E-state index in [0.717, 1.165) is 11.3 Å². The van der Waals surface area contributed by atoms with Gasteiger partial charge in [-0.2, -0.15) is 0 Å². The second-order valence-electron chi connectivity index (χ2n) is 6.20. The summed E-state index contributed by atoms with van der Waals surface area (Å²) in [6.45, 7) is 2.70. The Kier molecular flexibility index (Phi) is 6.59. The van der Waals surface area contributed by atoms with Crippen molar-refractivity contribution in [2.75, 3.05) is 24.6 Å². The second kappa shape index (κ2) is 9.12. The van der Waals surface area contributed by atoms with Crippen LogP contribution in [0.25, 0.3) is 0 Å². The number of rotatable bonds is 9. The lowest BCUT2D eigenvalue weighted by molar-refractivity contribution is 0.313. The smallest absolute Gasteiger partial charge is 0.273 e. The van der Waals surface area contributed by atoms with Gasteiger partial charge in [0.25, 0.3) is 10.0 Å². The predicted octanol–water partition coefficient (Wildman–Crippen LogP) is 4.73. The van der Waals surface area contributed by atoms with Gasteiger partial charge in [0, 0.05) is 13.0 Å². The molecule has 1 aromatic heterocycles. The van der Waals surface area contributed by atoms with Crippen molar-refractivity contribution in [1.29, 1.82) is 0 Å². The van der Waals surface area contributed by atoms with Crippen LogP contribution in [-0.4, -0.2) is 28.7 Å². The van der Waals surface area contributed by atoms with E-state index < -0.39 is 10.0 Å². The molecule has 0 saturated heterocycles. The van der Waals surface area contributed by atoms with E-state index in [0.29, 0.717) is 28.7 Å². The molecule has 0 spiro atoms. The lowest BCUT2D eigenvalue weighted by Crippen LogP contribution is -2.32. The minimum absolute atomic E-state index is 0.284. The quantitative estimate of drug-likeness (QED) is 0.472. The Balaban J connectivity index is 1.79. The van der Waals surface area contributed by atoms with Crippen LogP contribution in [0, 0.1) is 6.92 Å². The standard InChI is InChI=1S/C21H23NO4S2/c1-17-8-5-9-18(16-17)26-14-7-13-22(19-10-3-4-11-20(19)25-2)28(23,24)21-12-6-15-27-21/h3-6,8-12,15-16H,7,13-14H2,1-2H3. The molecule has 3 aromatic rings. The molecule has 28 heavy (non-hydrogen) atoms. The van der Waals surface area contributed by atoms with Crippen molar-refractivity contribution in [3.05, 3.63) is 71.6 Å². The molecule has 0 fully saturated rings. The van der Waals surface area contributed by atoms with Crippen molar-refractivity contribution < 1.29 is 17.9 Å². The first-order valence-electron chi connectivity index (χ1n) is 8.91. The van der Waals surface area contributed by atoms with E-state index in [1.807, 2.05) is 37.3 Å². The van der Waals surface area contributed by atoms with Crippen LogP contribution in [0.1, 0.15) is 12.0 Å². The Hall–Kier alpha value is -2.51. The summed E-state index contributed by atoms with van der Waals surface area (Å²) in [5, 5.41) is 1.76. The number of anilines is 1. The van der Waals surface area contributed by atoms with Crippen LogP contribution < -0.4 is 13.8 Å². The van der Waals surface area contributed by atoms with Gasteiger partial charge in [0.15, 0.2) is 0 Å². The van der Waals surface area contributed by atoms with Gasteiger partial charge in [-0.25, -0.2) is 8.42 Å². The zero-order valence-corrected chi connectivity index (χ0v) is 17.5. The van der Waals surface area contributed by atoms with Gasteiger partial charge in [0.1, 0.15) is 15.7 Å². The molecule has 3 rings (SSSR count). The van der Waals surface area contributed by atoms with Crippen LogP contribution >= 0.6 is 11.3 Å². The van der Waals surface area contributed by atoms with Gasteiger partial charge in [-0.1, -0.05) is 30.3 Å². The molecule has 0 N–H and O–H groups in total. The van der Waals surface area contributed by atoms with E-state index in [-0.39, 0.29) is 6.54 Å². The number of sulfonamides is 1. The Labute approximate surface area is 170 Å². The Morgan fingerprint density at radius 2 is 1.86 bits per heavy atom. The molecule has 5 nitrogen and oxygen atoms in total. The van der Waals surface area contributed by atoms with Gasteiger partial charge >= 0.3 is 0 Å². The first-order valence-corrected chi connectivity index (χ1v) is 11.2. The van der Waals surface area contributed by atoms with E-state index in [9.17, 15) is 8.42 Å². The van der Waals surface area contributed by atoms with Crippen LogP contribution in [0.2, 0.25) is 0 Å². The SMILES string of the molecule is COc1ccccc1N(CCCOc1cccc(C)c1)S(=O)(=O)c1cccs1. The summed E-state index contributed by atoms with van der Waals surface area (Å²) in [5.41, 5.74) is 1.64. The Morgan fingerprint density at radius 3 is 2.57 bits per heavy atom. The third-order valence-electron chi connectivity index (χ3n) is 4.16. The topological polar surface area (TPSA) is 55.8 Å². The number of para-hydroxylation sites is 2. The van der Waals surface area contributed by atoms with Crippen LogP contribution in [-0.2, 0) is 10.0 Å². The maximum absolute atomic E-state index is 13.2. The lowest BCUT2D eigenvalue weighted by Gasteiger charge is -2.25. The molecule has 0 saturated carbocycles. The average molecular weight is 418 g/mol. The predicted molar refractivity (Wildman–Crippen MR) is 113 cm³/mol. The van der Waals surface area contributed by atoms with Gasteiger partial charge < -0.3 is 9.47 Å². The van der Waals surface area contributed by atoms with E-state index in [2.05, 4.69) is 0 Å². The van der Waals surface area contributed by atoms with E-state index in [4.69, 9.17) is 9.47 Å². The fraction of sp³-hybridized carbons (Fsp3) is 0.238. The van der Waals surface area contributed by atoms with Gasteiger partial charge in [0.05, 0.1) is 19.4 Å². The van der Waals surface area contributed by atoms with Gasteiger partial charge in [-0.05, 0) is 48.2 Å². The fourth-order valence-corrected chi connectivity index (χ4v) is 5.45. The second-order valence-corrected chi connectivity index (χ2v) is 9.24. The number of hydrogen-bond donors (Lipinski definition) is 0. The van der Waals surface area contributed by atoms with Crippen molar-refractivity contribution in [2.24, 2.45) is 0 Å². The van der Waals surface area contributed by atoms with Crippen LogP contribution in [0.3, 0.4) is 0 Å². The van der Waals surface area contributed by atoms with Crippen LogP contribution in [0.15, 0.2) is 70.3 Å². The summed E-state index contributed by atoms with van der Waals surface area (Å²) in [6, 6.07) is 18.3. The number of benzene rings is 2. The number of methoxy groups -OCH3 is 1. The molecule has 0 aliphatic rings. The minimum Gasteiger partial charge on any atom is -0.495 e. The Morgan fingerprint density at radius 1 is 1.04 bits per heavy atom. The maximum atomic E-state index is 13.2. The molecule has 0 aliphatic carbocycles. The molecule has 2 aromatic carbocycles. The number of aryl methyl sites for hydroxylation is 1. The van der Waals surface area contributed by atoms with Crippen molar-refractivity contribution >= 4 is 27.0 Å². The van der Waals surface area contributed by atoms with Gasteiger partial charge in [-0.15, -0.1) is 11.3 Å². The summed E-state index contributed by atoms with van der Waals surface area (Å²) < 4.78 is 39.3. The monoisotopic (exact) mass is 417 g/mol. The van der Waals surface area contributed by atoms with E-state index in [1.54, 1.807) is 35.7 Å². The van der Waals surface area contributed by atoms with Crippen molar-refractivity contribution in [3.63, 3.8) is 0 Å². The van der Waals surface area contributed by atoms with Crippen molar-refractivity contribution in [1.82, 2.24) is 0 Å². The molecular formula is C21H23NO4S2. The highest BCUT2D eigenvalue weighted by atomic mass is 32.2. The van der Waals surface area contributed by atoms with Crippen molar-refractivity contribution in [3.8, 4) is 11.5 Å². The third-order valence-corrected chi connectivity index (χ3v) is 7.34. The van der Waals surface area contributed by atoms with Gasteiger partial charge in [-0.3, -0.25) is 4.31 Å². The van der Waals surface area contributed by atoms with E-state index >= 15 is 0 Å². The molecule has 0 radical (unpaired) electrons. The molecule has 0 unspecified atom stereocenters. The summed E-state index contributed by atoms with van der Waals surface area (Å²) in [7, 11) is -2.14. The highest BCUT2D eigenvalue weighted by Gasteiger charge is 2.27. The minimum atomic E-state index is -3.68. The fourth-order valence-electron chi connectivity index (χ4n) is 2.83. The molecule has 0 atom stereocenters. The van der Waals surface area contributed by atoms with E-state index in [1.165, 1.54) is 22.8 Å². The van der Waals surface area contributed by atoms with Gasteiger partial charge in [0.2, 0.25) is 0 Å². The summed E-state index contributed by atoms with van der Waals surface area (Å²) >= 11 is 1.20. The highest BCUT2D eigenvalue weighted by molar-refractivity contribution is 7.94. The molecule has 0 amide bonds. The molecule has 0 bridgehead atoms. The number of nitrogens with zero attached hydrogens (tertiary/aromatic N) is 1. The largest absolute Gasteiger partial charge is 0.495 e. The third kappa shape index (κ3) is 4.66. The number of ether oxygens (including phenoxy) is 2. The molecule has 7 heteroatoms. The molecular weight excluding hydrogens is 394 g/mol. The summed E-state index contributed by atoms with van der Waals surface area (Å²) in [4.78, 5) is 0. The number of hydrogen-bond acceptors (Lipinski definition) is 5. The summed E-state index contributed by atoms with van der Waals surface area (Å²) in [5.74, 6) is 1.30. The number of thiophene rings is 1. The first kappa shape index (κ1) is 20.2. The highest BCUT2D eigenvalue weighted by Crippen LogP contribution is 2.33. The molecule has 0 aliphatic heterocycles. The maximum Gasteiger partial charge on any atom is 0.273 e. The lowest BCUT2D eigenvalue weighted by atomic mass is 10.2. The average Bonchev–Trinajstić information content (AvgIpc) is 3.24. The molecule has 1 heterocycles. The zero-order valence-electron chi connectivity index (χ0n) is 15.9. The Bertz CT molecular complexity index is 1000.